The Balaban J connectivity index is 0.854. The number of esters is 2. The molecule has 1 aliphatic heterocycles. The Morgan fingerprint density at radius 1 is 0.955 bits per heavy atom. The third-order valence-electron chi connectivity index (χ3n) is 17.2. The fourth-order valence-electron chi connectivity index (χ4n) is 13.7. The molecule has 0 bridgehead atoms. The molecule has 4 fully saturated rings. The Morgan fingerprint density at radius 2 is 1.74 bits per heavy atom. The number of morpholine rings is 1. The SMILES string of the molecule is C#C[C@H](CCCC(C)C)[C@H]1CC[C@@]2([N+]#C)[C@]3(C)CC=C4CC(OC(=O)CCC(=O)Oc5cccc(-c6nc(N7CCOCC7)c7oc8ncccc8c7n6)c5)CC[C@]4(C)[C@@]3([N+]#C)CC[C@]12C. The summed E-state index contributed by atoms with van der Waals surface area (Å²) < 4.78 is 23.6. The Labute approximate surface area is 388 Å². The lowest BCUT2D eigenvalue weighted by Gasteiger charge is -2.60. The Hall–Kier alpha value is -5.77. The number of allylic oxidation sites excluding steroid dienone is 1. The van der Waals surface area contributed by atoms with Crippen LogP contribution < -0.4 is 9.64 Å². The second kappa shape index (κ2) is 17.5. The zero-order valence-electron chi connectivity index (χ0n) is 39.3. The number of carbonyl (C=O) groups excluding carboxylic acids is 2. The van der Waals surface area contributed by atoms with Gasteiger partial charge in [-0.3, -0.25) is 9.59 Å². The van der Waals surface area contributed by atoms with Crippen LogP contribution in [0.1, 0.15) is 118 Å². The molecule has 0 N–H and O–H groups in total. The molecule has 8 atom stereocenters. The van der Waals surface area contributed by atoms with Crippen molar-refractivity contribution in [2.75, 3.05) is 31.2 Å². The van der Waals surface area contributed by atoms with Gasteiger partial charge in [0.1, 0.15) is 22.8 Å². The van der Waals surface area contributed by atoms with Gasteiger partial charge >= 0.3 is 17.5 Å². The van der Waals surface area contributed by atoms with Crippen molar-refractivity contribution in [3.8, 4) is 42.6 Å². The summed E-state index contributed by atoms with van der Waals surface area (Å²) in [7, 11) is 0. The summed E-state index contributed by atoms with van der Waals surface area (Å²) in [4.78, 5) is 52.8. The number of carbonyl (C=O) groups is 2. The number of nitrogens with zero attached hydrogens (tertiary/aromatic N) is 6. The molecule has 1 saturated heterocycles. The van der Waals surface area contributed by atoms with E-state index in [-0.39, 0.29) is 35.7 Å². The monoisotopic (exact) mass is 892 g/mol. The number of pyridine rings is 1. The molecule has 9 rings (SSSR count). The number of aromatic nitrogens is 3. The minimum atomic E-state index is -0.615. The lowest BCUT2D eigenvalue weighted by Crippen LogP contribution is -2.73. The average molecular weight is 893 g/mol. The normalized spacial score (nSPS) is 30.8. The Kier molecular flexibility index (Phi) is 12.0. The van der Waals surface area contributed by atoms with Crippen molar-refractivity contribution in [2.24, 2.45) is 34.0 Å². The molecule has 4 aromatic rings. The maximum Gasteiger partial charge on any atom is 0.311 e. The van der Waals surface area contributed by atoms with Crippen LogP contribution in [0.15, 0.2) is 58.7 Å². The van der Waals surface area contributed by atoms with Crippen LogP contribution in [0, 0.1) is 59.5 Å². The zero-order chi connectivity index (χ0) is 46.5. The molecule has 1 unspecified atom stereocenters. The van der Waals surface area contributed by atoms with Gasteiger partial charge in [-0.2, -0.15) is 0 Å². The molecule has 12 nitrogen and oxygen atoms in total. The van der Waals surface area contributed by atoms with E-state index in [9.17, 15) is 9.59 Å². The van der Waals surface area contributed by atoms with Gasteiger partial charge in [-0.15, -0.1) is 12.3 Å². The minimum absolute atomic E-state index is 0.105. The van der Waals surface area contributed by atoms with Crippen molar-refractivity contribution < 1.29 is 28.2 Å². The van der Waals surface area contributed by atoms with E-state index >= 15 is 0 Å². The number of anilines is 1. The van der Waals surface area contributed by atoms with Gasteiger partial charge in [-0.05, 0) is 88.5 Å². The van der Waals surface area contributed by atoms with Gasteiger partial charge in [0.05, 0.1) is 42.3 Å². The van der Waals surface area contributed by atoms with Crippen LogP contribution in [0.2, 0.25) is 0 Å². The molecule has 4 heterocycles. The van der Waals surface area contributed by atoms with E-state index in [0.717, 1.165) is 56.8 Å². The summed E-state index contributed by atoms with van der Waals surface area (Å²) in [5.74, 6) is 4.82. The van der Waals surface area contributed by atoms with E-state index in [1.807, 2.05) is 18.2 Å². The first-order valence-electron chi connectivity index (χ1n) is 24.1. The second-order valence-corrected chi connectivity index (χ2v) is 20.7. The molecule has 5 aliphatic rings. The maximum atomic E-state index is 13.4. The van der Waals surface area contributed by atoms with Crippen molar-refractivity contribution in [3.63, 3.8) is 0 Å². The van der Waals surface area contributed by atoms with E-state index in [0.29, 0.717) is 90.7 Å². The molecule has 3 aromatic heterocycles. The summed E-state index contributed by atoms with van der Waals surface area (Å²) >= 11 is 0. The summed E-state index contributed by atoms with van der Waals surface area (Å²) in [5.41, 5.74) is 1.40. The number of fused-ring (bicyclic) bond motifs is 8. The first-order chi connectivity index (χ1) is 31.7. The number of hydrogen-bond donors (Lipinski definition) is 0. The van der Waals surface area contributed by atoms with Gasteiger partial charge < -0.3 is 23.5 Å². The number of hydrogen-bond acceptors (Lipinski definition) is 10. The predicted molar refractivity (Wildman–Crippen MR) is 256 cm³/mol. The van der Waals surface area contributed by atoms with Gasteiger partial charge in [0.15, 0.2) is 17.2 Å². The van der Waals surface area contributed by atoms with Gasteiger partial charge in [0.25, 0.3) is 18.7 Å². The fourth-order valence-corrected chi connectivity index (χ4v) is 13.7. The minimum Gasteiger partial charge on any atom is -0.462 e. The molecule has 1 aromatic carbocycles. The topological polar surface area (TPSA) is 126 Å². The average Bonchev–Trinajstić information content (AvgIpc) is 3.85. The highest BCUT2D eigenvalue weighted by Crippen LogP contribution is 2.77. The van der Waals surface area contributed by atoms with Gasteiger partial charge in [0, 0.05) is 50.0 Å². The van der Waals surface area contributed by atoms with Crippen LogP contribution in [0.5, 0.6) is 5.75 Å². The highest BCUT2D eigenvalue weighted by atomic mass is 16.5. The zero-order valence-corrected chi connectivity index (χ0v) is 39.3. The molecule has 4 aliphatic carbocycles. The first-order valence-corrected chi connectivity index (χ1v) is 24.1. The number of benzene rings is 1. The van der Waals surface area contributed by atoms with Crippen LogP contribution in [0.3, 0.4) is 0 Å². The predicted octanol–water partition coefficient (Wildman–Crippen LogP) is 11.1. The number of rotatable bonds is 12. The van der Waals surface area contributed by atoms with E-state index in [1.54, 1.807) is 24.4 Å². The number of terminal acetylenes is 1. The summed E-state index contributed by atoms with van der Waals surface area (Å²) in [6, 6.07) is 10.9. The molecule has 66 heavy (non-hydrogen) atoms. The van der Waals surface area contributed by atoms with Crippen LogP contribution >= 0.6 is 0 Å². The molecular formula is C54H64N6O6+2. The Morgan fingerprint density at radius 3 is 2.50 bits per heavy atom. The van der Waals surface area contributed by atoms with Gasteiger partial charge in [0.2, 0.25) is 5.71 Å². The van der Waals surface area contributed by atoms with Crippen molar-refractivity contribution in [2.45, 2.75) is 135 Å². The number of furan rings is 1. The van der Waals surface area contributed by atoms with Crippen LogP contribution in [-0.2, 0) is 19.1 Å². The third kappa shape index (κ3) is 7.16. The molecular weight excluding hydrogens is 829 g/mol. The van der Waals surface area contributed by atoms with Crippen LogP contribution in [0.25, 0.3) is 43.3 Å². The molecule has 3 saturated carbocycles. The van der Waals surface area contributed by atoms with Gasteiger partial charge in [-0.25, -0.2) is 15.0 Å². The second-order valence-electron chi connectivity index (χ2n) is 20.7. The van der Waals surface area contributed by atoms with E-state index in [1.165, 1.54) is 12.0 Å². The van der Waals surface area contributed by atoms with E-state index < -0.39 is 28.4 Å². The Bertz CT molecular complexity index is 2700. The summed E-state index contributed by atoms with van der Waals surface area (Å²) in [5, 5.41) is 0.782. The molecule has 0 amide bonds. The van der Waals surface area contributed by atoms with Crippen LogP contribution in [0.4, 0.5) is 5.82 Å². The molecule has 12 heteroatoms. The summed E-state index contributed by atoms with van der Waals surface area (Å²) in [6.07, 6.45) is 19.3. The maximum absolute atomic E-state index is 13.4. The lowest BCUT2D eigenvalue weighted by molar-refractivity contribution is -0.155. The van der Waals surface area contributed by atoms with Gasteiger partial charge in [-0.1, -0.05) is 67.1 Å². The fraction of sp³-hybridized carbons (Fsp3) is 0.574. The lowest BCUT2D eigenvalue weighted by atomic mass is 9.35. The highest BCUT2D eigenvalue weighted by Gasteiger charge is 2.88. The van der Waals surface area contributed by atoms with Crippen LogP contribution in [-0.4, -0.2) is 70.4 Å². The summed E-state index contributed by atoms with van der Waals surface area (Å²) in [6.45, 7) is 27.3. The smallest absolute Gasteiger partial charge is 0.311 e. The van der Waals surface area contributed by atoms with Crippen molar-refractivity contribution >= 4 is 40.0 Å². The molecule has 0 radical (unpaired) electrons. The quantitative estimate of drug-likeness (QED) is 0.0587. The first kappa shape index (κ1) is 45.4. The van der Waals surface area contributed by atoms with E-state index in [2.05, 4.69) is 56.5 Å². The van der Waals surface area contributed by atoms with E-state index in [4.69, 9.17) is 57.9 Å². The van der Waals surface area contributed by atoms with Crippen molar-refractivity contribution in [1.29, 1.82) is 0 Å². The highest BCUT2D eigenvalue weighted by molar-refractivity contribution is 6.05. The largest absolute Gasteiger partial charge is 0.462 e. The third-order valence-corrected chi connectivity index (χ3v) is 17.2. The van der Waals surface area contributed by atoms with Crippen molar-refractivity contribution in [3.05, 3.63) is 63.9 Å². The van der Waals surface area contributed by atoms with Crippen molar-refractivity contribution in [1.82, 2.24) is 15.0 Å². The standard InChI is InChI=1S/C54H64N6O6/c1-9-36(14-10-13-35(2)3)42-22-25-53(55-7)51(42,5)26-27-54(56-8)50(4)23-21-40(34-38(50)20-24-52(53,54)6)65-44(62)19-18-43(61)64-39-16-11-15-37(33-39)47-58-45-41-17-12-28-57-49(41)66-46(45)48(59-47)60-29-31-63-32-30-60/h1,7-8,11-12,15-17,20,28,33,35-36,40,42H,10,13-14,18-19,21-27,29-32,34H2,2-6H3/q+2/t36-,40?,42-,50+,51-,52+,53+,54+/m1/s1. The molecule has 344 valence electrons. The molecule has 0 spiro atoms. The number of ether oxygens (including phenoxy) is 3.